The van der Waals surface area contributed by atoms with E-state index in [9.17, 15) is 14.7 Å². The standard InChI is InChI=1S/C15H14O5/c1-8(14(16)17)19-9-5-6-11-10-3-2-4-12(10)15(18)20-13(11)7-9/h5-8H,2-4H2,1H3,(H,16,17)/p-1/t8-/m0/s1. The Morgan fingerprint density at radius 2 is 2.10 bits per heavy atom. The van der Waals surface area contributed by atoms with E-state index >= 15 is 0 Å². The second-order valence-electron chi connectivity index (χ2n) is 4.94. The Morgan fingerprint density at radius 1 is 1.35 bits per heavy atom. The highest BCUT2D eigenvalue weighted by Gasteiger charge is 2.19. The number of fused-ring (bicyclic) bond motifs is 3. The smallest absolute Gasteiger partial charge is 0.339 e. The number of ether oxygens (including phenoxy) is 1. The second-order valence-corrected chi connectivity index (χ2v) is 4.94. The Kier molecular flexibility index (Phi) is 2.97. The molecule has 1 aliphatic rings. The van der Waals surface area contributed by atoms with Crippen LogP contribution in [-0.2, 0) is 17.6 Å². The van der Waals surface area contributed by atoms with E-state index in [4.69, 9.17) is 9.15 Å². The van der Waals surface area contributed by atoms with Crippen molar-refractivity contribution in [2.45, 2.75) is 32.3 Å². The van der Waals surface area contributed by atoms with Gasteiger partial charge in [0.15, 0.2) is 0 Å². The van der Waals surface area contributed by atoms with Gasteiger partial charge in [-0.05, 0) is 43.9 Å². The number of aliphatic carboxylic acids is 1. The number of rotatable bonds is 3. The summed E-state index contributed by atoms with van der Waals surface area (Å²) in [4.78, 5) is 22.5. The van der Waals surface area contributed by atoms with Crippen molar-refractivity contribution in [1.82, 2.24) is 0 Å². The van der Waals surface area contributed by atoms with Gasteiger partial charge in [0.1, 0.15) is 17.4 Å². The second kappa shape index (κ2) is 4.67. The maximum atomic E-state index is 11.9. The lowest BCUT2D eigenvalue weighted by molar-refractivity contribution is -0.312. The van der Waals surface area contributed by atoms with Crippen molar-refractivity contribution in [3.8, 4) is 5.75 Å². The number of benzene rings is 1. The van der Waals surface area contributed by atoms with Crippen LogP contribution in [0.2, 0.25) is 0 Å². The molecule has 5 heteroatoms. The predicted octanol–water partition coefficient (Wildman–Crippen LogP) is 0.799. The van der Waals surface area contributed by atoms with Crippen LogP contribution >= 0.6 is 0 Å². The molecule has 0 unspecified atom stereocenters. The molecule has 0 spiro atoms. The Labute approximate surface area is 114 Å². The summed E-state index contributed by atoms with van der Waals surface area (Å²) in [5.74, 6) is -0.948. The minimum atomic E-state index is -1.29. The van der Waals surface area contributed by atoms with Crippen LogP contribution in [0.25, 0.3) is 11.0 Å². The van der Waals surface area contributed by atoms with Crippen LogP contribution in [0, 0.1) is 0 Å². The van der Waals surface area contributed by atoms with Crippen LogP contribution in [0.4, 0.5) is 0 Å². The summed E-state index contributed by atoms with van der Waals surface area (Å²) in [5, 5.41) is 11.6. The van der Waals surface area contributed by atoms with Gasteiger partial charge in [-0.2, -0.15) is 0 Å². The summed E-state index contributed by atoms with van der Waals surface area (Å²) >= 11 is 0. The van der Waals surface area contributed by atoms with Crippen LogP contribution in [0.3, 0.4) is 0 Å². The topological polar surface area (TPSA) is 79.6 Å². The number of hydrogen-bond acceptors (Lipinski definition) is 5. The Hall–Kier alpha value is -2.30. The number of hydrogen-bond donors (Lipinski definition) is 0. The molecule has 1 heterocycles. The first-order valence-electron chi connectivity index (χ1n) is 6.52. The molecule has 0 fully saturated rings. The van der Waals surface area contributed by atoms with Crippen molar-refractivity contribution in [3.05, 3.63) is 39.7 Å². The van der Waals surface area contributed by atoms with E-state index in [1.165, 1.54) is 6.92 Å². The van der Waals surface area contributed by atoms with Crippen LogP contribution in [-0.4, -0.2) is 12.1 Å². The van der Waals surface area contributed by atoms with E-state index in [0.29, 0.717) is 11.3 Å². The Balaban J connectivity index is 2.06. The SMILES string of the molecule is C[C@H](Oc1ccc2c3c(c(=O)oc2c1)CCC3)C(=O)[O-]. The van der Waals surface area contributed by atoms with Gasteiger partial charge in [-0.3, -0.25) is 0 Å². The number of carboxylic acid groups (broad SMARTS) is 1. The molecule has 20 heavy (non-hydrogen) atoms. The Bertz CT molecular complexity index is 744. The molecule has 1 aliphatic carbocycles. The van der Waals surface area contributed by atoms with E-state index in [0.717, 1.165) is 35.8 Å². The average Bonchev–Trinajstić information content (AvgIpc) is 2.88. The molecular weight excluding hydrogens is 260 g/mol. The highest BCUT2D eigenvalue weighted by Crippen LogP contribution is 2.29. The lowest BCUT2D eigenvalue weighted by Crippen LogP contribution is -2.37. The van der Waals surface area contributed by atoms with Crippen molar-refractivity contribution in [2.75, 3.05) is 0 Å². The first kappa shape index (κ1) is 12.7. The van der Waals surface area contributed by atoms with Gasteiger partial charge < -0.3 is 19.1 Å². The van der Waals surface area contributed by atoms with E-state index in [-0.39, 0.29) is 5.63 Å². The van der Waals surface area contributed by atoms with Gasteiger partial charge in [0.25, 0.3) is 0 Å². The van der Waals surface area contributed by atoms with E-state index < -0.39 is 12.1 Å². The number of aryl methyl sites for hydroxylation is 1. The largest absolute Gasteiger partial charge is 0.546 e. The van der Waals surface area contributed by atoms with E-state index in [1.54, 1.807) is 18.2 Å². The third-order valence-electron chi connectivity index (χ3n) is 3.59. The lowest BCUT2D eigenvalue weighted by atomic mass is 10.1. The fourth-order valence-electron chi connectivity index (χ4n) is 2.59. The molecule has 0 saturated heterocycles. The molecular formula is C15H13O5-. The van der Waals surface area contributed by atoms with Gasteiger partial charge in [0.2, 0.25) is 0 Å². The first-order chi connectivity index (χ1) is 9.56. The summed E-state index contributed by atoms with van der Waals surface area (Å²) in [7, 11) is 0. The molecule has 1 atom stereocenters. The minimum Gasteiger partial charge on any atom is -0.546 e. The van der Waals surface area contributed by atoms with Crippen molar-refractivity contribution < 1.29 is 19.1 Å². The summed E-state index contributed by atoms with van der Waals surface area (Å²) in [6.45, 7) is 1.39. The van der Waals surface area contributed by atoms with Crippen LogP contribution in [0.15, 0.2) is 27.4 Å². The third kappa shape index (κ3) is 2.05. The van der Waals surface area contributed by atoms with E-state index in [1.807, 2.05) is 0 Å². The molecule has 3 rings (SSSR count). The molecule has 0 radical (unpaired) electrons. The molecule has 104 valence electrons. The Morgan fingerprint density at radius 3 is 2.85 bits per heavy atom. The lowest BCUT2D eigenvalue weighted by Gasteiger charge is -2.15. The molecule has 0 amide bonds. The fraction of sp³-hybridized carbons (Fsp3) is 0.333. The highest BCUT2D eigenvalue weighted by molar-refractivity contribution is 5.83. The molecule has 1 aromatic carbocycles. The van der Waals surface area contributed by atoms with Gasteiger partial charge in [-0.1, -0.05) is 0 Å². The predicted molar refractivity (Wildman–Crippen MR) is 69.6 cm³/mol. The van der Waals surface area contributed by atoms with Crippen LogP contribution in [0.1, 0.15) is 24.5 Å². The van der Waals surface area contributed by atoms with Crippen molar-refractivity contribution in [3.63, 3.8) is 0 Å². The zero-order chi connectivity index (χ0) is 14.3. The normalized spacial score (nSPS) is 15.1. The first-order valence-corrected chi connectivity index (χ1v) is 6.52. The van der Waals surface area contributed by atoms with Crippen molar-refractivity contribution in [2.24, 2.45) is 0 Å². The monoisotopic (exact) mass is 273 g/mol. The molecule has 1 aromatic heterocycles. The molecule has 0 bridgehead atoms. The third-order valence-corrected chi connectivity index (χ3v) is 3.59. The van der Waals surface area contributed by atoms with Gasteiger partial charge in [0, 0.05) is 17.0 Å². The van der Waals surface area contributed by atoms with Gasteiger partial charge >= 0.3 is 5.63 Å². The summed E-state index contributed by atoms with van der Waals surface area (Å²) in [6.07, 6.45) is 1.52. The zero-order valence-corrected chi connectivity index (χ0v) is 11.0. The highest BCUT2D eigenvalue weighted by atomic mass is 16.5. The number of carboxylic acids is 1. The molecule has 0 aliphatic heterocycles. The van der Waals surface area contributed by atoms with Gasteiger partial charge in [-0.25, -0.2) is 4.79 Å². The quantitative estimate of drug-likeness (QED) is 0.773. The van der Waals surface area contributed by atoms with Crippen molar-refractivity contribution >= 4 is 16.9 Å². The maximum absolute atomic E-state index is 11.9. The fourth-order valence-corrected chi connectivity index (χ4v) is 2.59. The molecule has 0 N–H and O–H groups in total. The number of carbonyl (C=O) groups excluding carboxylic acids is 1. The van der Waals surface area contributed by atoms with Crippen LogP contribution < -0.4 is 15.5 Å². The zero-order valence-electron chi connectivity index (χ0n) is 11.0. The maximum Gasteiger partial charge on any atom is 0.339 e. The van der Waals surface area contributed by atoms with Gasteiger partial charge in [-0.15, -0.1) is 0 Å². The number of carbonyl (C=O) groups is 1. The summed E-state index contributed by atoms with van der Waals surface area (Å²) < 4.78 is 10.5. The minimum absolute atomic E-state index is 0.310. The molecule has 2 aromatic rings. The molecule has 5 nitrogen and oxygen atoms in total. The molecule has 0 saturated carbocycles. The van der Waals surface area contributed by atoms with Gasteiger partial charge in [0.05, 0.1) is 5.97 Å². The summed E-state index contributed by atoms with van der Waals surface area (Å²) in [5.41, 5.74) is 1.92. The van der Waals surface area contributed by atoms with Crippen LogP contribution in [0.5, 0.6) is 5.75 Å². The average molecular weight is 273 g/mol. The summed E-state index contributed by atoms with van der Waals surface area (Å²) in [6, 6.07) is 5.04. The van der Waals surface area contributed by atoms with E-state index in [2.05, 4.69) is 0 Å². The van der Waals surface area contributed by atoms with Crippen molar-refractivity contribution in [1.29, 1.82) is 0 Å².